The van der Waals surface area contributed by atoms with Gasteiger partial charge in [0.05, 0.1) is 0 Å². The first-order valence-corrected chi connectivity index (χ1v) is 8.40. The maximum absolute atomic E-state index is 12.5. The zero-order valence-corrected chi connectivity index (χ0v) is 13.4. The van der Waals surface area contributed by atoms with Crippen molar-refractivity contribution in [3.63, 3.8) is 0 Å². The first-order valence-electron chi connectivity index (χ1n) is 8.40. The Morgan fingerprint density at radius 1 is 1.12 bits per heavy atom. The largest absolute Gasteiger partial charge is 0.435 e. The number of likely N-dealkylation sites (tertiary alicyclic amines) is 1. The minimum atomic E-state index is -4.48. The van der Waals surface area contributed by atoms with Crippen molar-refractivity contribution in [3.8, 4) is 0 Å². The highest BCUT2D eigenvalue weighted by Gasteiger charge is 2.34. The van der Waals surface area contributed by atoms with Gasteiger partial charge in [-0.05, 0) is 31.4 Å². The third-order valence-corrected chi connectivity index (χ3v) is 4.76. The van der Waals surface area contributed by atoms with Crippen LogP contribution in [0.5, 0.6) is 0 Å². The topological polar surface area (TPSA) is 58.1 Å². The Labute approximate surface area is 138 Å². The molecule has 0 bridgehead atoms. The van der Waals surface area contributed by atoms with E-state index in [2.05, 4.69) is 15.5 Å². The van der Waals surface area contributed by atoms with Crippen LogP contribution in [-0.4, -0.2) is 40.1 Å². The minimum Gasteiger partial charge on any atom is -0.364 e. The van der Waals surface area contributed by atoms with Crippen molar-refractivity contribution in [3.05, 3.63) is 17.8 Å². The molecule has 0 radical (unpaired) electrons. The van der Waals surface area contributed by atoms with Gasteiger partial charge in [0.2, 0.25) is 5.91 Å². The molecule has 3 rings (SSSR count). The number of nitrogens with zero attached hydrogens (tertiary/aromatic N) is 3. The number of halogens is 3. The van der Waals surface area contributed by atoms with Crippen LogP contribution < -0.4 is 5.32 Å². The zero-order chi connectivity index (χ0) is 17.2. The minimum absolute atomic E-state index is 0.00331. The third kappa shape index (κ3) is 3.96. The number of nitrogens with one attached hydrogen (secondary N) is 1. The molecule has 2 aliphatic rings. The lowest BCUT2D eigenvalue weighted by Crippen LogP contribution is -2.37. The Morgan fingerprint density at radius 3 is 2.50 bits per heavy atom. The summed E-state index contributed by atoms with van der Waals surface area (Å²) in [5.41, 5.74) is -1.01. The molecular formula is C16H21F3N4O. The average molecular weight is 342 g/mol. The summed E-state index contributed by atoms with van der Waals surface area (Å²) in [6, 6.07) is 2.19. The molecule has 1 N–H and O–H groups in total. The van der Waals surface area contributed by atoms with Crippen molar-refractivity contribution in [2.75, 3.05) is 18.4 Å². The third-order valence-electron chi connectivity index (χ3n) is 4.76. The maximum Gasteiger partial charge on any atom is 0.435 e. The van der Waals surface area contributed by atoms with Crippen LogP contribution in [0.4, 0.5) is 19.0 Å². The van der Waals surface area contributed by atoms with Crippen LogP contribution in [0.3, 0.4) is 0 Å². The normalized spacial score (nSPS) is 22.6. The van der Waals surface area contributed by atoms with E-state index in [4.69, 9.17) is 0 Å². The number of carbonyl (C=O) groups is 1. The van der Waals surface area contributed by atoms with Crippen molar-refractivity contribution < 1.29 is 18.0 Å². The number of hydrogen-bond donors (Lipinski definition) is 1. The van der Waals surface area contributed by atoms with E-state index in [1.807, 2.05) is 4.90 Å². The molecule has 2 heterocycles. The van der Waals surface area contributed by atoms with Crippen LogP contribution in [0, 0.1) is 5.92 Å². The Balaban J connectivity index is 1.53. The second kappa shape index (κ2) is 6.94. The molecule has 1 aliphatic heterocycles. The molecule has 0 aromatic carbocycles. The molecule has 2 fully saturated rings. The van der Waals surface area contributed by atoms with Crippen LogP contribution in [0.1, 0.15) is 44.2 Å². The summed E-state index contributed by atoms with van der Waals surface area (Å²) in [6.07, 6.45) is 1.67. The van der Waals surface area contributed by atoms with Gasteiger partial charge in [-0.15, -0.1) is 10.2 Å². The average Bonchev–Trinajstić information content (AvgIpc) is 3.03. The molecule has 8 heteroatoms. The molecule has 1 saturated carbocycles. The molecule has 24 heavy (non-hydrogen) atoms. The molecule has 0 spiro atoms. The number of alkyl halides is 3. The molecular weight excluding hydrogens is 321 g/mol. The van der Waals surface area contributed by atoms with E-state index in [9.17, 15) is 18.0 Å². The first-order chi connectivity index (χ1) is 11.4. The summed E-state index contributed by atoms with van der Waals surface area (Å²) in [7, 11) is 0. The van der Waals surface area contributed by atoms with Gasteiger partial charge in [0, 0.05) is 25.0 Å². The van der Waals surface area contributed by atoms with E-state index in [1.165, 1.54) is 12.5 Å². The second-order valence-corrected chi connectivity index (χ2v) is 6.55. The zero-order valence-electron chi connectivity index (χ0n) is 13.4. The number of amides is 1. The van der Waals surface area contributed by atoms with Crippen molar-refractivity contribution in [2.24, 2.45) is 5.92 Å². The summed E-state index contributed by atoms with van der Waals surface area (Å²) >= 11 is 0. The predicted octanol–water partition coefficient (Wildman–Crippen LogP) is 3.09. The fourth-order valence-electron chi connectivity index (χ4n) is 3.46. The van der Waals surface area contributed by atoms with E-state index in [0.29, 0.717) is 18.9 Å². The van der Waals surface area contributed by atoms with Crippen LogP contribution in [0.15, 0.2) is 12.1 Å². The fourth-order valence-corrected chi connectivity index (χ4v) is 3.46. The summed E-state index contributed by atoms with van der Waals surface area (Å²) in [5.74, 6) is 0.667. The molecule has 1 unspecified atom stereocenters. The smallest absolute Gasteiger partial charge is 0.364 e. The van der Waals surface area contributed by atoms with Gasteiger partial charge in [-0.2, -0.15) is 13.2 Å². The van der Waals surface area contributed by atoms with Crippen LogP contribution in [0.25, 0.3) is 0 Å². The highest BCUT2D eigenvalue weighted by Crippen LogP contribution is 2.28. The summed E-state index contributed by atoms with van der Waals surface area (Å²) < 4.78 is 37.4. The van der Waals surface area contributed by atoms with E-state index in [0.717, 1.165) is 38.2 Å². The number of aromatic nitrogens is 2. The summed E-state index contributed by atoms with van der Waals surface area (Å²) in [6.45, 7) is 1.25. The molecule has 1 aromatic heterocycles. The summed E-state index contributed by atoms with van der Waals surface area (Å²) in [4.78, 5) is 14.4. The monoisotopic (exact) mass is 342 g/mol. The molecule has 132 valence electrons. The number of anilines is 1. The fraction of sp³-hybridized carbons (Fsp3) is 0.688. The Kier molecular flexibility index (Phi) is 4.91. The van der Waals surface area contributed by atoms with E-state index in [-0.39, 0.29) is 17.9 Å². The highest BCUT2D eigenvalue weighted by atomic mass is 19.4. The highest BCUT2D eigenvalue weighted by molar-refractivity contribution is 5.79. The molecule has 1 atom stereocenters. The summed E-state index contributed by atoms with van der Waals surface area (Å²) in [5, 5.41) is 9.86. The van der Waals surface area contributed by atoms with Gasteiger partial charge in [-0.3, -0.25) is 4.79 Å². The van der Waals surface area contributed by atoms with Crippen molar-refractivity contribution in [1.82, 2.24) is 15.1 Å². The van der Waals surface area contributed by atoms with Crippen molar-refractivity contribution in [2.45, 2.75) is 50.7 Å². The SMILES string of the molecule is O=C(C1CCCCC1)N1CCC(Nc2ccc(C(F)(F)F)nn2)C1. The second-order valence-electron chi connectivity index (χ2n) is 6.55. The van der Waals surface area contributed by atoms with E-state index in [1.54, 1.807) is 0 Å². The molecule has 1 aromatic rings. The molecule has 1 amide bonds. The lowest BCUT2D eigenvalue weighted by Gasteiger charge is -2.26. The van der Waals surface area contributed by atoms with Gasteiger partial charge in [-0.25, -0.2) is 0 Å². The van der Waals surface area contributed by atoms with E-state index >= 15 is 0 Å². The van der Waals surface area contributed by atoms with Crippen molar-refractivity contribution in [1.29, 1.82) is 0 Å². The van der Waals surface area contributed by atoms with Gasteiger partial charge in [0.25, 0.3) is 0 Å². The standard InChI is InChI=1S/C16H21F3N4O/c17-16(18,19)13-6-7-14(22-21-13)20-12-8-9-23(10-12)15(24)11-4-2-1-3-5-11/h6-7,11-12H,1-5,8-10H2,(H,20,22). The van der Waals surface area contributed by atoms with Gasteiger partial charge < -0.3 is 10.2 Å². The maximum atomic E-state index is 12.5. The lowest BCUT2D eigenvalue weighted by molar-refractivity contribution is -0.141. The Bertz CT molecular complexity index is 570. The molecule has 1 saturated heterocycles. The molecule has 5 nitrogen and oxygen atoms in total. The lowest BCUT2D eigenvalue weighted by atomic mass is 9.88. The molecule has 1 aliphatic carbocycles. The van der Waals surface area contributed by atoms with Gasteiger partial charge >= 0.3 is 6.18 Å². The quantitative estimate of drug-likeness (QED) is 0.917. The van der Waals surface area contributed by atoms with Crippen LogP contribution in [0.2, 0.25) is 0 Å². The number of rotatable bonds is 3. The van der Waals surface area contributed by atoms with Crippen LogP contribution in [-0.2, 0) is 11.0 Å². The van der Waals surface area contributed by atoms with Crippen LogP contribution >= 0.6 is 0 Å². The van der Waals surface area contributed by atoms with Crippen molar-refractivity contribution >= 4 is 11.7 Å². The van der Waals surface area contributed by atoms with Gasteiger partial charge in [0.15, 0.2) is 5.69 Å². The Hall–Kier alpha value is -1.86. The first kappa shape index (κ1) is 17.0. The predicted molar refractivity (Wildman–Crippen MR) is 82.2 cm³/mol. The van der Waals surface area contributed by atoms with E-state index < -0.39 is 11.9 Å². The van der Waals surface area contributed by atoms with Gasteiger partial charge in [-0.1, -0.05) is 19.3 Å². The number of carbonyl (C=O) groups excluding carboxylic acids is 1. The number of hydrogen-bond acceptors (Lipinski definition) is 4. The Morgan fingerprint density at radius 2 is 1.88 bits per heavy atom. The van der Waals surface area contributed by atoms with Gasteiger partial charge in [0.1, 0.15) is 5.82 Å².